The summed E-state index contributed by atoms with van der Waals surface area (Å²) in [5.41, 5.74) is 6.45. The molecule has 3 heteroatoms. The molecule has 2 N–H and O–H groups in total. The van der Waals surface area contributed by atoms with E-state index in [9.17, 15) is 0 Å². The zero-order chi connectivity index (χ0) is 10.4. The summed E-state index contributed by atoms with van der Waals surface area (Å²) in [5.74, 6) is 6.43. The third kappa shape index (κ3) is 2.75. The summed E-state index contributed by atoms with van der Waals surface area (Å²) in [6, 6.07) is 3.60. The lowest BCUT2D eigenvalue weighted by molar-refractivity contribution is 0.396. The Hall–Kier alpha value is -1.53. The third-order valence-corrected chi connectivity index (χ3v) is 1.80. The molecule has 1 rings (SSSR count). The molecule has 0 saturated heterocycles. The Kier molecular flexibility index (Phi) is 3.96. The lowest BCUT2D eigenvalue weighted by atomic mass is 10.2. The Morgan fingerprint density at radius 1 is 1.64 bits per heavy atom. The SMILES string of the molecule is CCC(N)C#Cc1cccnc1OC. The molecular weight excluding hydrogens is 176 g/mol. The van der Waals surface area contributed by atoms with Crippen molar-refractivity contribution >= 4 is 0 Å². The van der Waals surface area contributed by atoms with Gasteiger partial charge in [0.15, 0.2) is 0 Å². The molecule has 1 heterocycles. The van der Waals surface area contributed by atoms with Crippen molar-refractivity contribution in [2.75, 3.05) is 7.11 Å². The monoisotopic (exact) mass is 190 g/mol. The van der Waals surface area contributed by atoms with Crippen LogP contribution in [-0.2, 0) is 0 Å². The summed E-state index contributed by atoms with van der Waals surface area (Å²) in [6.45, 7) is 2.00. The molecule has 1 unspecified atom stereocenters. The number of aromatic nitrogens is 1. The van der Waals surface area contributed by atoms with Gasteiger partial charge in [0.05, 0.1) is 18.7 Å². The summed E-state index contributed by atoms with van der Waals surface area (Å²) in [7, 11) is 1.58. The quantitative estimate of drug-likeness (QED) is 0.712. The number of rotatable bonds is 2. The zero-order valence-electron chi connectivity index (χ0n) is 8.45. The van der Waals surface area contributed by atoms with E-state index in [1.165, 1.54) is 0 Å². The molecule has 1 atom stereocenters. The largest absolute Gasteiger partial charge is 0.480 e. The molecular formula is C11H14N2O. The lowest BCUT2D eigenvalue weighted by Crippen LogP contribution is -2.15. The van der Waals surface area contributed by atoms with Crippen molar-refractivity contribution in [2.45, 2.75) is 19.4 Å². The predicted molar refractivity (Wildman–Crippen MR) is 55.9 cm³/mol. The van der Waals surface area contributed by atoms with E-state index in [2.05, 4.69) is 16.8 Å². The minimum Gasteiger partial charge on any atom is -0.480 e. The van der Waals surface area contributed by atoms with E-state index in [0.717, 1.165) is 12.0 Å². The van der Waals surface area contributed by atoms with Gasteiger partial charge in [0.25, 0.3) is 0 Å². The molecule has 0 aliphatic carbocycles. The highest BCUT2D eigenvalue weighted by Crippen LogP contribution is 2.11. The molecule has 0 saturated carbocycles. The first-order valence-corrected chi connectivity index (χ1v) is 4.54. The normalized spacial score (nSPS) is 11.4. The molecule has 0 fully saturated rings. The minimum atomic E-state index is -0.0834. The molecule has 0 aliphatic rings. The average molecular weight is 190 g/mol. The van der Waals surface area contributed by atoms with Crippen LogP contribution in [0.5, 0.6) is 5.88 Å². The molecule has 0 bridgehead atoms. The molecule has 74 valence electrons. The Labute approximate surface area is 84.3 Å². The fourth-order valence-electron chi connectivity index (χ4n) is 0.921. The number of ether oxygens (including phenoxy) is 1. The maximum absolute atomic E-state index is 5.68. The van der Waals surface area contributed by atoms with Gasteiger partial charge in [0.2, 0.25) is 5.88 Å². The van der Waals surface area contributed by atoms with E-state index < -0.39 is 0 Å². The smallest absolute Gasteiger partial charge is 0.229 e. The fourth-order valence-corrected chi connectivity index (χ4v) is 0.921. The topological polar surface area (TPSA) is 48.1 Å². The molecule has 14 heavy (non-hydrogen) atoms. The summed E-state index contributed by atoms with van der Waals surface area (Å²) in [6.07, 6.45) is 2.51. The van der Waals surface area contributed by atoms with Crippen LogP contribution in [0.3, 0.4) is 0 Å². The first-order valence-electron chi connectivity index (χ1n) is 4.54. The minimum absolute atomic E-state index is 0.0834. The summed E-state index contributed by atoms with van der Waals surface area (Å²) in [4.78, 5) is 4.04. The molecule has 3 nitrogen and oxygen atoms in total. The highest BCUT2D eigenvalue weighted by molar-refractivity contribution is 5.41. The van der Waals surface area contributed by atoms with Crippen molar-refractivity contribution in [3.05, 3.63) is 23.9 Å². The van der Waals surface area contributed by atoms with Crippen molar-refractivity contribution in [3.8, 4) is 17.7 Å². The third-order valence-electron chi connectivity index (χ3n) is 1.80. The van der Waals surface area contributed by atoms with Crippen LogP contribution in [0.4, 0.5) is 0 Å². The van der Waals surface area contributed by atoms with Crippen LogP contribution < -0.4 is 10.5 Å². The second-order valence-corrected chi connectivity index (χ2v) is 2.84. The van der Waals surface area contributed by atoms with E-state index >= 15 is 0 Å². The van der Waals surface area contributed by atoms with Crippen molar-refractivity contribution in [1.29, 1.82) is 0 Å². The van der Waals surface area contributed by atoms with Gasteiger partial charge in [-0.2, -0.15) is 0 Å². The summed E-state index contributed by atoms with van der Waals surface area (Å²) >= 11 is 0. The fraction of sp³-hybridized carbons (Fsp3) is 0.364. The second-order valence-electron chi connectivity index (χ2n) is 2.84. The number of nitrogens with zero attached hydrogens (tertiary/aromatic N) is 1. The highest BCUT2D eigenvalue weighted by atomic mass is 16.5. The highest BCUT2D eigenvalue weighted by Gasteiger charge is 1.98. The Morgan fingerprint density at radius 2 is 2.43 bits per heavy atom. The number of pyridine rings is 1. The average Bonchev–Trinajstić information content (AvgIpc) is 2.26. The summed E-state index contributed by atoms with van der Waals surface area (Å²) < 4.78 is 5.06. The van der Waals surface area contributed by atoms with Gasteiger partial charge in [-0.05, 0) is 18.6 Å². The predicted octanol–water partition coefficient (Wildman–Crippen LogP) is 1.18. The van der Waals surface area contributed by atoms with Gasteiger partial charge in [0, 0.05) is 6.20 Å². The lowest BCUT2D eigenvalue weighted by Gasteiger charge is -2.00. The van der Waals surface area contributed by atoms with Gasteiger partial charge < -0.3 is 10.5 Å². The maximum Gasteiger partial charge on any atom is 0.229 e. The molecule has 1 aromatic rings. The standard InChI is InChI=1S/C11H14N2O/c1-3-10(12)7-6-9-5-4-8-13-11(9)14-2/h4-5,8,10H,3,12H2,1-2H3. The van der Waals surface area contributed by atoms with Crippen LogP contribution in [0.15, 0.2) is 18.3 Å². The zero-order valence-corrected chi connectivity index (χ0v) is 8.45. The van der Waals surface area contributed by atoms with Gasteiger partial charge in [-0.15, -0.1) is 0 Å². The molecule has 1 aromatic heterocycles. The van der Waals surface area contributed by atoms with Gasteiger partial charge in [-0.25, -0.2) is 4.98 Å². The number of hydrogen-bond donors (Lipinski definition) is 1. The first-order chi connectivity index (χ1) is 6.77. The van der Waals surface area contributed by atoms with E-state index in [-0.39, 0.29) is 6.04 Å². The number of nitrogens with two attached hydrogens (primary N) is 1. The van der Waals surface area contributed by atoms with Crippen molar-refractivity contribution in [1.82, 2.24) is 4.98 Å². The molecule has 0 amide bonds. The van der Waals surface area contributed by atoms with Crippen LogP contribution in [0.1, 0.15) is 18.9 Å². The molecule has 0 radical (unpaired) electrons. The Bertz CT molecular complexity index is 352. The van der Waals surface area contributed by atoms with Crippen LogP contribution >= 0.6 is 0 Å². The van der Waals surface area contributed by atoms with Crippen LogP contribution in [0.25, 0.3) is 0 Å². The number of methoxy groups -OCH3 is 1. The van der Waals surface area contributed by atoms with Gasteiger partial charge in [0.1, 0.15) is 0 Å². The maximum atomic E-state index is 5.68. The van der Waals surface area contributed by atoms with Gasteiger partial charge in [-0.1, -0.05) is 18.8 Å². The number of hydrogen-bond acceptors (Lipinski definition) is 3. The van der Waals surface area contributed by atoms with Gasteiger partial charge >= 0.3 is 0 Å². The van der Waals surface area contributed by atoms with E-state index in [1.807, 2.05) is 19.1 Å². The van der Waals surface area contributed by atoms with Gasteiger partial charge in [-0.3, -0.25) is 0 Å². The van der Waals surface area contributed by atoms with Crippen molar-refractivity contribution in [2.24, 2.45) is 5.73 Å². The molecule has 0 aromatic carbocycles. The van der Waals surface area contributed by atoms with Crippen LogP contribution in [0, 0.1) is 11.8 Å². The van der Waals surface area contributed by atoms with Crippen LogP contribution in [0.2, 0.25) is 0 Å². The Balaban J connectivity index is 2.88. The molecule has 0 spiro atoms. The van der Waals surface area contributed by atoms with E-state index in [0.29, 0.717) is 5.88 Å². The van der Waals surface area contributed by atoms with Crippen molar-refractivity contribution < 1.29 is 4.74 Å². The Morgan fingerprint density at radius 3 is 3.07 bits per heavy atom. The molecule has 0 aliphatic heterocycles. The second kappa shape index (κ2) is 5.25. The van der Waals surface area contributed by atoms with Crippen molar-refractivity contribution in [3.63, 3.8) is 0 Å². The van der Waals surface area contributed by atoms with E-state index in [4.69, 9.17) is 10.5 Å². The van der Waals surface area contributed by atoms with Crippen LogP contribution in [-0.4, -0.2) is 18.1 Å². The van der Waals surface area contributed by atoms with E-state index in [1.54, 1.807) is 13.3 Å². The summed E-state index contributed by atoms with van der Waals surface area (Å²) in [5, 5.41) is 0. The first kappa shape index (κ1) is 10.6.